The zero-order valence-corrected chi connectivity index (χ0v) is 11.4. The number of aromatic nitrogens is 2. The number of nitrogens with zero attached hydrogens (tertiary/aromatic N) is 2. The van der Waals surface area contributed by atoms with Gasteiger partial charge in [-0.1, -0.05) is 6.07 Å². The number of nitrogens with one attached hydrogen (secondary N) is 2. The molecular weight excluding hydrogens is 286 g/mol. The number of halogens is 2. The molecule has 0 aliphatic heterocycles. The Hall–Kier alpha value is -3.02. The maximum absolute atomic E-state index is 13.2. The lowest BCUT2D eigenvalue weighted by molar-refractivity contribution is 0.628. The van der Waals surface area contributed by atoms with E-state index in [0.29, 0.717) is 23.0 Å². The van der Waals surface area contributed by atoms with E-state index in [2.05, 4.69) is 20.6 Å². The Morgan fingerprint density at radius 1 is 0.682 bits per heavy atom. The van der Waals surface area contributed by atoms with Crippen LogP contribution in [0.4, 0.5) is 31.8 Å². The van der Waals surface area contributed by atoms with E-state index < -0.39 is 0 Å². The molecule has 22 heavy (non-hydrogen) atoms. The van der Waals surface area contributed by atoms with Crippen LogP contribution in [0.3, 0.4) is 0 Å². The first-order valence-corrected chi connectivity index (χ1v) is 6.56. The zero-order chi connectivity index (χ0) is 15.4. The molecule has 0 amide bonds. The molecular formula is C16H12F2N4. The van der Waals surface area contributed by atoms with Crippen LogP contribution in [0, 0.1) is 11.6 Å². The second-order valence-electron chi connectivity index (χ2n) is 4.56. The van der Waals surface area contributed by atoms with Crippen LogP contribution in [0.2, 0.25) is 0 Å². The van der Waals surface area contributed by atoms with Crippen molar-refractivity contribution in [1.29, 1.82) is 0 Å². The van der Waals surface area contributed by atoms with Crippen LogP contribution in [-0.2, 0) is 0 Å². The molecule has 0 bridgehead atoms. The van der Waals surface area contributed by atoms with Crippen LogP contribution in [0.25, 0.3) is 0 Å². The second kappa shape index (κ2) is 6.17. The minimum absolute atomic E-state index is 0.304. The molecule has 0 fully saturated rings. The second-order valence-corrected chi connectivity index (χ2v) is 4.56. The molecule has 2 N–H and O–H groups in total. The van der Waals surface area contributed by atoms with Crippen molar-refractivity contribution in [2.45, 2.75) is 0 Å². The number of hydrogen-bond donors (Lipinski definition) is 2. The van der Waals surface area contributed by atoms with E-state index >= 15 is 0 Å². The van der Waals surface area contributed by atoms with Crippen molar-refractivity contribution in [3.05, 3.63) is 72.6 Å². The molecule has 0 saturated heterocycles. The Kier molecular flexibility index (Phi) is 3.91. The fraction of sp³-hybridized carbons (Fsp3) is 0. The quantitative estimate of drug-likeness (QED) is 0.756. The fourth-order valence-electron chi connectivity index (χ4n) is 1.89. The van der Waals surface area contributed by atoms with Crippen molar-refractivity contribution in [2.75, 3.05) is 10.6 Å². The summed E-state index contributed by atoms with van der Waals surface area (Å²) < 4.78 is 26.0. The van der Waals surface area contributed by atoms with Gasteiger partial charge < -0.3 is 10.6 Å². The monoisotopic (exact) mass is 298 g/mol. The summed E-state index contributed by atoms with van der Waals surface area (Å²) in [4.78, 5) is 8.16. The molecule has 2 aromatic carbocycles. The van der Waals surface area contributed by atoms with Gasteiger partial charge in [0.05, 0.1) is 0 Å². The summed E-state index contributed by atoms with van der Waals surface area (Å²) in [7, 11) is 0. The zero-order valence-electron chi connectivity index (χ0n) is 11.4. The van der Waals surface area contributed by atoms with Crippen molar-refractivity contribution in [2.24, 2.45) is 0 Å². The lowest BCUT2D eigenvalue weighted by atomic mass is 10.3. The van der Waals surface area contributed by atoms with Gasteiger partial charge in [0.15, 0.2) is 0 Å². The molecule has 0 aliphatic carbocycles. The molecule has 110 valence electrons. The Morgan fingerprint density at radius 3 is 2.05 bits per heavy atom. The maximum Gasteiger partial charge on any atom is 0.135 e. The summed E-state index contributed by atoms with van der Waals surface area (Å²) in [5, 5.41) is 6.03. The van der Waals surface area contributed by atoms with Gasteiger partial charge in [-0.3, -0.25) is 0 Å². The van der Waals surface area contributed by atoms with E-state index in [9.17, 15) is 8.78 Å². The Morgan fingerprint density at radius 2 is 1.36 bits per heavy atom. The lowest BCUT2D eigenvalue weighted by Crippen LogP contribution is -1.98. The van der Waals surface area contributed by atoms with Crippen LogP contribution in [0.5, 0.6) is 0 Å². The van der Waals surface area contributed by atoms with Crippen LogP contribution in [-0.4, -0.2) is 9.97 Å². The first-order valence-electron chi connectivity index (χ1n) is 6.56. The number of rotatable bonds is 4. The maximum atomic E-state index is 13.2. The average molecular weight is 298 g/mol. The number of anilines is 4. The molecule has 0 radical (unpaired) electrons. The Balaban J connectivity index is 1.76. The summed E-state index contributed by atoms with van der Waals surface area (Å²) in [6, 6.07) is 13.7. The lowest BCUT2D eigenvalue weighted by Gasteiger charge is -2.08. The largest absolute Gasteiger partial charge is 0.340 e. The first-order chi connectivity index (χ1) is 10.7. The summed E-state index contributed by atoms with van der Waals surface area (Å²) in [6.45, 7) is 0. The van der Waals surface area contributed by atoms with E-state index in [4.69, 9.17) is 0 Å². The normalized spacial score (nSPS) is 10.3. The van der Waals surface area contributed by atoms with Gasteiger partial charge in [-0.05, 0) is 42.5 Å². The van der Waals surface area contributed by atoms with Crippen LogP contribution in [0.15, 0.2) is 60.9 Å². The summed E-state index contributed by atoms with van der Waals surface area (Å²) in [6.07, 6.45) is 1.38. The fourth-order valence-corrected chi connectivity index (χ4v) is 1.89. The highest BCUT2D eigenvalue weighted by molar-refractivity contribution is 5.62. The highest BCUT2D eigenvalue weighted by Crippen LogP contribution is 2.19. The molecule has 4 nitrogen and oxygen atoms in total. The Labute approximate surface area is 125 Å². The third-order valence-electron chi connectivity index (χ3n) is 2.88. The molecule has 0 unspecified atom stereocenters. The molecule has 0 saturated carbocycles. The first kappa shape index (κ1) is 13.9. The highest BCUT2D eigenvalue weighted by Gasteiger charge is 2.01. The minimum Gasteiger partial charge on any atom is -0.340 e. The predicted molar refractivity (Wildman–Crippen MR) is 81.4 cm³/mol. The van der Waals surface area contributed by atoms with Crippen molar-refractivity contribution < 1.29 is 8.78 Å². The van der Waals surface area contributed by atoms with E-state index in [-0.39, 0.29) is 11.6 Å². The molecule has 1 heterocycles. The van der Waals surface area contributed by atoms with Crippen molar-refractivity contribution in [3.63, 3.8) is 0 Å². The van der Waals surface area contributed by atoms with Gasteiger partial charge >= 0.3 is 0 Å². The van der Waals surface area contributed by atoms with Gasteiger partial charge in [0, 0.05) is 17.4 Å². The highest BCUT2D eigenvalue weighted by atomic mass is 19.1. The van der Waals surface area contributed by atoms with Crippen molar-refractivity contribution in [3.8, 4) is 0 Å². The van der Waals surface area contributed by atoms with E-state index in [1.54, 1.807) is 30.3 Å². The van der Waals surface area contributed by atoms with Gasteiger partial charge in [-0.2, -0.15) is 0 Å². The van der Waals surface area contributed by atoms with Crippen molar-refractivity contribution in [1.82, 2.24) is 9.97 Å². The van der Waals surface area contributed by atoms with Gasteiger partial charge in [0.25, 0.3) is 0 Å². The van der Waals surface area contributed by atoms with Gasteiger partial charge in [-0.25, -0.2) is 18.7 Å². The van der Waals surface area contributed by atoms with E-state index in [0.717, 1.165) is 0 Å². The molecule has 1 aromatic heterocycles. The standard InChI is InChI=1S/C16H12F2N4/c17-11-4-6-13(7-5-11)21-15-9-16(20-10-19-15)22-14-3-1-2-12(18)8-14/h1-10H,(H2,19,20,21,22). The number of hydrogen-bond acceptors (Lipinski definition) is 4. The summed E-state index contributed by atoms with van der Waals surface area (Å²) >= 11 is 0. The van der Waals surface area contributed by atoms with Gasteiger partial charge in [-0.15, -0.1) is 0 Å². The molecule has 0 atom stereocenters. The van der Waals surface area contributed by atoms with Crippen LogP contribution < -0.4 is 10.6 Å². The smallest absolute Gasteiger partial charge is 0.135 e. The van der Waals surface area contributed by atoms with Gasteiger partial charge in [0.2, 0.25) is 0 Å². The van der Waals surface area contributed by atoms with E-state index in [1.807, 2.05) is 0 Å². The topological polar surface area (TPSA) is 49.8 Å². The van der Waals surface area contributed by atoms with Crippen molar-refractivity contribution >= 4 is 23.0 Å². The SMILES string of the molecule is Fc1ccc(Nc2cc(Nc3cccc(F)c3)ncn2)cc1. The summed E-state index contributed by atoms with van der Waals surface area (Å²) in [5.74, 6) is 0.427. The molecule has 0 spiro atoms. The third kappa shape index (κ3) is 3.54. The predicted octanol–water partition coefficient (Wildman–Crippen LogP) is 4.24. The molecule has 3 aromatic rings. The molecule has 3 rings (SSSR count). The minimum atomic E-state index is -0.330. The van der Waals surface area contributed by atoms with Gasteiger partial charge in [0.1, 0.15) is 29.6 Å². The van der Waals surface area contributed by atoms with E-state index in [1.165, 1.54) is 30.6 Å². The Bertz CT molecular complexity index is 775. The van der Waals surface area contributed by atoms with Crippen LogP contribution in [0.1, 0.15) is 0 Å². The summed E-state index contributed by atoms with van der Waals surface area (Å²) in [5.41, 5.74) is 1.29. The third-order valence-corrected chi connectivity index (χ3v) is 2.88. The number of benzene rings is 2. The molecule has 0 aliphatic rings. The van der Waals surface area contributed by atoms with Crippen LogP contribution >= 0.6 is 0 Å². The molecule has 6 heteroatoms. The average Bonchev–Trinajstić information content (AvgIpc) is 2.50.